The number of nitrogens with zero attached hydrogens (tertiary/aromatic N) is 2. The zero-order valence-corrected chi connectivity index (χ0v) is 15.4. The number of nitrogens with one attached hydrogen (secondary N) is 1. The third-order valence-corrected chi connectivity index (χ3v) is 4.81. The quantitative estimate of drug-likeness (QED) is 0.515. The van der Waals surface area contributed by atoms with E-state index in [9.17, 15) is 4.79 Å². The van der Waals surface area contributed by atoms with Gasteiger partial charge in [-0.1, -0.05) is 35.9 Å². The highest BCUT2D eigenvalue weighted by molar-refractivity contribution is 6.32. The van der Waals surface area contributed by atoms with Gasteiger partial charge in [-0.05, 0) is 48.9 Å². The molecule has 27 heavy (non-hydrogen) atoms. The van der Waals surface area contributed by atoms with Crippen molar-refractivity contribution in [1.82, 2.24) is 9.97 Å². The number of rotatable bonds is 3. The number of aromatic nitrogens is 2. The smallest absolute Gasteiger partial charge is 0.256 e. The summed E-state index contributed by atoms with van der Waals surface area (Å²) in [4.78, 5) is 21.9. The van der Waals surface area contributed by atoms with E-state index in [2.05, 4.69) is 10.3 Å². The molecular weight excluding hydrogens is 358 g/mol. The van der Waals surface area contributed by atoms with Crippen molar-refractivity contribution in [3.05, 3.63) is 89.2 Å². The van der Waals surface area contributed by atoms with Crippen molar-refractivity contribution in [3.8, 4) is 11.3 Å². The van der Waals surface area contributed by atoms with Crippen LogP contribution in [0.1, 0.15) is 15.9 Å². The van der Waals surface area contributed by atoms with E-state index in [-0.39, 0.29) is 5.91 Å². The van der Waals surface area contributed by atoms with Gasteiger partial charge in [-0.3, -0.25) is 9.78 Å². The van der Waals surface area contributed by atoms with E-state index in [1.165, 1.54) is 0 Å². The summed E-state index contributed by atoms with van der Waals surface area (Å²) in [6.07, 6.45) is 3.43. The molecule has 4 rings (SSSR count). The molecule has 5 heteroatoms. The van der Waals surface area contributed by atoms with Crippen LogP contribution in [0.3, 0.4) is 0 Å². The molecule has 2 heterocycles. The van der Waals surface area contributed by atoms with Crippen molar-refractivity contribution in [2.45, 2.75) is 6.92 Å². The van der Waals surface area contributed by atoms with Crippen molar-refractivity contribution in [3.63, 3.8) is 0 Å². The highest BCUT2D eigenvalue weighted by atomic mass is 35.5. The first-order chi connectivity index (χ1) is 13.1. The molecule has 1 amide bonds. The Bertz CT molecular complexity index is 1130. The summed E-state index contributed by atoms with van der Waals surface area (Å²) in [6, 6.07) is 18.6. The van der Waals surface area contributed by atoms with Gasteiger partial charge in [0.05, 0.1) is 16.8 Å². The minimum absolute atomic E-state index is 0.194. The normalized spacial score (nSPS) is 10.7. The number of para-hydroxylation sites is 1. The summed E-state index contributed by atoms with van der Waals surface area (Å²) in [5, 5.41) is 4.33. The van der Waals surface area contributed by atoms with Crippen LogP contribution in [-0.2, 0) is 0 Å². The molecule has 0 unspecified atom stereocenters. The topological polar surface area (TPSA) is 54.9 Å². The van der Waals surface area contributed by atoms with Gasteiger partial charge in [0.1, 0.15) is 0 Å². The number of halogens is 1. The first-order valence-corrected chi connectivity index (χ1v) is 8.88. The third kappa shape index (κ3) is 3.39. The number of hydrogen-bond acceptors (Lipinski definition) is 3. The maximum atomic E-state index is 13.0. The van der Waals surface area contributed by atoms with Crippen LogP contribution in [0.4, 0.5) is 5.69 Å². The lowest BCUT2D eigenvalue weighted by atomic mass is 10.0. The molecule has 0 bridgehead atoms. The van der Waals surface area contributed by atoms with Crippen LogP contribution in [0.25, 0.3) is 22.2 Å². The van der Waals surface area contributed by atoms with Crippen LogP contribution in [0.2, 0.25) is 5.02 Å². The lowest BCUT2D eigenvalue weighted by molar-refractivity contribution is 0.102. The average Bonchev–Trinajstić information content (AvgIpc) is 2.71. The van der Waals surface area contributed by atoms with Crippen LogP contribution in [-0.4, -0.2) is 15.9 Å². The molecule has 4 aromatic rings. The summed E-state index contributed by atoms with van der Waals surface area (Å²) in [5.41, 5.74) is 4.35. The lowest BCUT2D eigenvalue weighted by Crippen LogP contribution is -2.13. The van der Waals surface area contributed by atoms with Crippen LogP contribution >= 0.6 is 11.6 Å². The van der Waals surface area contributed by atoms with E-state index in [1.807, 2.05) is 55.5 Å². The number of hydrogen-bond donors (Lipinski definition) is 1. The number of aryl methyl sites for hydroxylation is 1. The van der Waals surface area contributed by atoms with Crippen LogP contribution < -0.4 is 5.32 Å². The van der Waals surface area contributed by atoms with E-state index >= 15 is 0 Å². The Hall–Kier alpha value is -3.24. The van der Waals surface area contributed by atoms with Crippen LogP contribution in [0.15, 0.2) is 73.1 Å². The monoisotopic (exact) mass is 373 g/mol. The second kappa shape index (κ2) is 7.17. The van der Waals surface area contributed by atoms with Crippen LogP contribution in [0, 0.1) is 6.92 Å². The summed E-state index contributed by atoms with van der Waals surface area (Å²) in [6.45, 7) is 1.91. The number of pyridine rings is 2. The van der Waals surface area contributed by atoms with Gasteiger partial charge in [0.25, 0.3) is 5.91 Å². The van der Waals surface area contributed by atoms with E-state index in [1.54, 1.807) is 24.5 Å². The van der Waals surface area contributed by atoms with Gasteiger partial charge in [0.2, 0.25) is 0 Å². The number of benzene rings is 2. The molecule has 4 nitrogen and oxygen atoms in total. The van der Waals surface area contributed by atoms with E-state index in [0.717, 1.165) is 22.2 Å². The first-order valence-electron chi connectivity index (χ1n) is 8.50. The van der Waals surface area contributed by atoms with Gasteiger partial charge in [-0.25, -0.2) is 4.98 Å². The largest absolute Gasteiger partial charge is 0.322 e. The Morgan fingerprint density at radius 3 is 2.59 bits per heavy atom. The molecule has 0 spiro atoms. The van der Waals surface area contributed by atoms with Gasteiger partial charge in [0.15, 0.2) is 0 Å². The highest BCUT2D eigenvalue weighted by Gasteiger charge is 2.16. The van der Waals surface area contributed by atoms with Gasteiger partial charge in [0, 0.05) is 34.1 Å². The fourth-order valence-corrected chi connectivity index (χ4v) is 3.13. The Morgan fingerprint density at radius 2 is 1.85 bits per heavy atom. The minimum Gasteiger partial charge on any atom is -0.322 e. The number of carbonyl (C=O) groups is 1. The van der Waals surface area contributed by atoms with Crippen LogP contribution in [0.5, 0.6) is 0 Å². The van der Waals surface area contributed by atoms with Gasteiger partial charge < -0.3 is 5.32 Å². The Morgan fingerprint density at radius 1 is 1.04 bits per heavy atom. The Labute approximate surface area is 161 Å². The second-order valence-electron chi connectivity index (χ2n) is 6.19. The Balaban J connectivity index is 1.90. The molecule has 2 aromatic heterocycles. The molecule has 2 aromatic carbocycles. The van der Waals surface area contributed by atoms with Crippen molar-refractivity contribution in [1.29, 1.82) is 0 Å². The SMILES string of the molecule is Cc1c(Cl)ccc2c(C(=O)Nc3ccccc3)cc(-c3cccnc3)nc12. The fourth-order valence-electron chi connectivity index (χ4n) is 2.97. The minimum atomic E-state index is -0.194. The second-order valence-corrected chi connectivity index (χ2v) is 6.59. The maximum Gasteiger partial charge on any atom is 0.256 e. The van der Waals surface area contributed by atoms with Crippen molar-refractivity contribution in [2.24, 2.45) is 0 Å². The molecule has 0 radical (unpaired) electrons. The Kier molecular flexibility index (Phi) is 4.57. The predicted molar refractivity (Wildman–Crippen MR) is 109 cm³/mol. The summed E-state index contributed by atoms with van der Waals surface area (Å²) in [7, 11) is 0. The number of carbonyl (C=O) groups excluding carboxylic acids is 1. The fraction of sp³-hybridized carbons (Fsp3) is 0.0455. The van der Waals surface area contributed by atoms with Gasteiger partial charge in [-0.15, -0.1) is 0 Å². The molecule has 0 saturated heterocycles. The van der Waals surface area contributed by atoms with E-state index in [0.29, 0.717) is 21.8 Å². The predicted octanol–water partition coefficient (Wildman–Crippen LogP) is 5.51. The summed E-state index contributed by atoms with van der Waals surface area (Å²) >= 11 is 6.29. The maximum absolute atomic E-state index is 13.0. The summed E-state index contributed by atoms with van der Waals surface area (Å²) in [5.74, 6) is -0.194. The molecule has 0 aliphatic rings. The highest BCUT2D eigenvalue weighted by Crippen LogP contribution is 2.30. The molecule has 0 atom stereocenters. The molecule has 132 valence electrons. The molecular formula is C22H16ClN3O. The molecule has 0 fully saturated rings. The molecule has 0 saturated carbocycles. The van der Waals surface area contributed by atoms with Crippen molar-refractivity contribution in [2.75, 3.05) is 5.32 Å². The van der Waals surface area contributed by atoms with Gasteiger partial charge >= 0.3 is 0 Å². The summed E-state index contributed by atoms with van der Waals surface area (Å²) < 4.78 is 0. The third-order valence-electron chi connectivity index (χ3n) is 4.40. The molecule has 0 aliphatic heterocycles. The zero-order valence-electron chi connectivity index (χ0n) is 14.6. The number of amides is 1. The van der Waals surface area contributed by atoms with E-state index < -0.39 is 0 Å². The van der Waals surface area contributed by atoms with Crippen molar-refractivity contribution >= 4 is 34.1 Å². The van der Waals surface area contributed by atoms with Gasteiger partial charge in [-0.2, -0.15) is 0 Å². The van der Waals surface area contributed by atoms with E-state index in [4.69, 9.17) is 16.6 Å². The number of fused-ring (bicyclic) bond motifs is 1. The lowest BCUT2D eigenvalue weighted by Gasteiger charge is -2.12. The average molecular weight is 374 g/mol. The number of anilines is 1. The molecule has 1 N–H and O–H groups in total. The van der Waals surface area contributed by atoms with Crippen molar-refractivity contribution < 1.29 is 4.79 Å². The standard InChI is InChI=1S/C22H16ClN3O/c1-14-19(23)10-9-17-18(22(27)25-16-7-3-2-4-8-16)12-20(26-21(14)17)15-6-5-11-24-13-15/h2-13H,1H3,(H,25,27). The molecule has 0 aliphatic carbocycles. The first kappa shape index (κ1) is 17.2. The zero-order chi connectivity index (χ0) is 18.8.